The molecule has 1 fully saturated rings. The van der Waals surface area contributed by atoms with Gasteiger partial charge in [0.05, 0.1) is 18.2 Å². The molecule has 37 heavy (non-hydrogen) atoms. The monoisotopic (exact) mass is 503 g/mol. The Hall–Kier alpha value is -2.88. The van der Waals surface area contributed by atoms with Gasteiger partial charge in [0.1, 0.15) is 0 Å². The van der Waals surface area contributed by atoms with E-state index >= 15 is 0 Å². The number of unbranched alkanes of at least 4 members (excludes halogenated alkanes) is 9. The van der Waals surface area contributed by atoms with E-state index in [9.17, 15) is 9.59 Å². The maximum atomic E-state index is 13.4. The molecule has 1 aliphatic heterocycles. The molecule has 0 spiro atoms. The normalized spacial score (nSPS) is 15.6. The van der Waals surface area contributed by atoms with Crippen LogP contribution in [0.3, 0.4) is 0 Å². The van der Waals surface area contributed by atoms with Crippen LogP contribution in [0.2, 0.25) is 0 Å². The minimum Gasteiger partial charge on any atom is -0.463 e. The number of para-hydroxylation sites is 1. The molecule has 0 bridgehead atoms. The van der Waals surface area contributed by atoms with Gasteiger partial charge in [-0.3, -0.25) is 4.79 Å². The van der Waals surface area contributed by atoms with Crippen molar-refractivity contribution in [3.63, 3.8) is 0 Å². The molecule has 0 unspecified atom stereocenters. The predicted octanol–water partition coefficient (Wildman–Crippen LogP) is 8.25. The van der Waals surface area contributed by atoms with Gasteiger partial charge in [-0.1, -0.05) is 107 Å². The molecule has 1 amide bonds. The molecule has 4 heteroatoms. The van der Waals surface area contributed by atoms with E-state index in [2.05, 4.69) is 31.2 Å². The van der Waals surface area contributed by atoms with Gasteiger partial charge in [0.2, 0.25) is 5.91 Å². The van der Waals surface area contributed by atoms with E-state index in [-0.39, 0.29) is 17.8 Å². The maximum Gasteiger partial charge on any atom is 0.330 e. The van der Waals surface area contributed by atoms with Crippen molar-refractivity contribution in [2.24, 2.45) is 0 Å². The van der Waals surface area contributed by atoms with E-state index in [1.54, 1.807) is 13.0 Å². The number of nitrogens with zero attached hydrogens (tertiary/aromatic N) is 1. The molecule has 3 rings (SSSR count). The van der Waals surface area contributed by atoms with Crippen LogP contribution in [0.1, 0.15) is 107 Å². The van der Waals surface area contributed by atoms with E-state index in [0.29, 0.717) is 13.2 Å². The predicted molar refractivity (Wildman–Crippen MR) is 154 cm³/mol. The molecule has 2 aromatic carbocycles. The summed E-state index contributed by atoms with van der Waals surface area (Å²) in [4.78, 5) is 27.0. The lowest BCUT2D eigenvalue weighted by Gasteiger charge is -2.19. The van der Waals surface area contributed by atoms with E-state index in [0.717, 1.165) is 29.7 Å². The summed E-state index contributed by atoms with van der Waals surface area (Å²) in [6.07, 6.45) is 18.6. The van der Waals surface area contributed by atoms with E-state index in [1.807, 2.05) is 29.2 Å². The number of esters is 1. The Labute approximate surface area is 224 Å². The SMILES string of the molecule is CCCCCCCCCCCCc1ccc([C@H]2CCN(c3ccccc3/C=C/C(=O)OCC)C2=O)cc1. The molecule has 1 saturated heterocycles. The van der Waals surface area contributed by atoms with Crippen molar-refractivity contribution in [3.05, 3.63) is 71.3 Å². The standard InChI is InChI=1S/C33H45NO3/c1-3-5-6-7-8-9-10-11-12-13-16-27-19-21-28(22-20-27)30-25-26-34(33(30)36)31-18-15-14-17-29(31)23-24-32(35)37-4-2/h14-15,17-24,30H,3-13,16,25-26H2,1-2H3/b24-23+/t30-/m1/s1. The molecular formula is C33H45NO3. The highest BCUT2D eigenvalue weighted by Crippen LogP contribution is 2.34. The molecule has 4 nitrogen and oxygen atoms in total. The molecule has 1 atom stereocenters. The first kappa shape index (κ1) is 28.7. The van der Waals surface area contributed by atoms with Crippen LogP contribution in [0.4, 0.5) is 5.69 Å². The summed E-state index contributed by atoms with van der Waals surface area (Å²) in [6.45, 7) is 5.07. The Morgan fingerprint density at radius 1 is 0.892 bits per heavy atom. The largest absolute Gasteiger partial charge is 0.463 e. The number of amides is 1. The number of hydrogen-bond donors (Lipinski definition) is 0. The number of rotatable bonds is 16. The molecule has 0 N–H and O–H groups in total. The fourth-order valence-electron chi connectivity index (χ4n) is 5.18. The van der Waals surface area contributed by atoms with Gasteiger partial charge in [-0.05, 0) is 55.0 Å². The Morgan fingerprint density at radius 2 is 1.54 bits per heavy atom. The van der Waals surface area contributed by atoms with Crippen molar-refractivity contribution in [1.29, 1.82) is 0 Å². The Balaban J connectivity index is 1.46. The van der Waals surface area contributed by atoms with E-state index in [1.165, 1.54) is 75.8 Å². The first-order valence-corrected chi connectivity index (χ1v) is 14.5. The molecular weight excluding hydrogens is 458 g/mol. The minimum absolute atomic E-state index is 0.117. The van der Waals surface area contributed by atoms with Gasteiger partial charge in [0, 0.05) is 12.6 Å². The Kier molecular flexibility index (Phi) is 12.5. The molecule has 1 heterocycles. The van der Waals surface area contributed by atoms with Gasteiger partial charge in [0.25, 0.3) is 0 Å². The number of anilines is 1. The summed E-state index contributed by atoms with van der Waals surface area (Å²) in [5.41, 5.74) is 4.14. The third-order valence-corrected chi connectivity index (χ3v) is 7.32. The van der Waals surface area contributed by atoms with Gasteiger partial charge >= 0.3 is 5.97 Å². The summed E-state index contributed by atoms with van der Waals surface area (Å²) in [5, 5.41) is 0. The zero-order chi connectivity index (χ0) is 26.3. The summed E-state index contributed by atoms with van der Waals surface area (Å²) in [7, 11) is 0. The van der Waals surface area contributed by atoms with Crippen molar-refractivity contribution in [1.82, 2.24) is 0 Å². The van der Waals surface area contributed by atoms with Crippen LogP contribution in [0, 0.1) is 0 Å². The molecule has 1 aliphatic rings. The lowest BCUT2D eigenvalue weighted by molar-refractivity contribution is -0.137. The first-order valence-electron chi connectivity index (χ1n) is 14.5. The summed E-state index contributed by atoms with van der Waals surface area (Å²) in [5.74, 6) is -0.367. The Morgan fingerprint density at radius 3 is 2.22 bits per heavy atom. The van der Waals surface area contributed by atoms with Gasteiger partial charge < -0.3 is 9.64 Å². The fraction of sp³-hybridized carbons (Fsp3) is 0.515. The van der Waals surface area contributed by atoms with Crippen molar-refractivity contribution < 1.29 is 14.3 Å². The molecule has 0 aromatic heterocycles. The average molecular weight is 504 g/mol. The molecule has 0 aliphatic carbocycles. The van der Waals surface area contributed by atoms with Crippen molar-refractivity contribution >= 4 is 23.6 Å². The van der Waals surface area contributed by atoms with Crippen molar-refractivity contribution in [2.75, 3.05) is 18.1 Å². The van der Waals surface area contributed by atoms with Crippen LogP contribution in [0.5, 0.6) is 0 Å². The zero-order valence-corrected chi connectivity index (χ0v) is 22.9. The number of benzene rings is 2. The molecule has 0 saturated carbocycles. The highest BCUT2D eigenvalue weighted by Gasteiger charge is 2.34. The van der Waals surface area contributed by atoms with Crippen LogP contribution in [0.25, 0.3) is 6.08 Å². The van der Waals surface area contributed by atoms with Crippen LogP contribution >= 0.6 is 0 Å². The van der Waals surface area contributed by atoms with Crippen molar-refractivity contribution in [2.45, 2.75) is 96.8 Å². The second-order valence-electron chi connectivity index (χ2n) is 10.1. The van der Waals surface area contributed by atoms with E-state index < -0.39 is 0 Å². The van der Waals surface area contributed by atoms with Gasteiger partial charge in [-0.2, -0.15) is 0 Å². The number of carbonyl (C=O) groups is 2. The molecule has 200 valence electrons. The quantitative estimate of drug-likeness (QED) is 0.132. The van der Waals surface area contributed by atoms with Crippen molar-refractivity contribution in [3.8, 4) is 0 Å². The lowest BCUT2D eigenvalue weighted by atomic mass is 9.95. The first-order chi connectivity index (χ1) is 18.1. The van der Waals surface area contributed by atoms with Gasteiger partial charge in [-0.25, -0.2) is 4.79 Å². The maximum absolute atomic E-state index is 13.4. The highest BCUT2D eigenvalue weighted by atomic mass is 16.5. The summed E-state index contributed by atoms with van der Waals surface area (Å²) >= 11 is 0. The average Bonchev–Trinajstić information content (AvgIpc) is 3.30. The summed E-state index contributed by atoms with van der Waals surface area (Å²) in [6, 6.07) is 16.4. The fourth-order valence-corrected chi connectivity index (χ4v) is 5.18. The van der Waals surface area contributed by atoms with Crippen LogP contribution < -0.4 is 4.90 Å². The lowest BCUT2D eigenvalue weighted by Crippen LogP contribution is -2.27. The third-order valence-electron chi connectivity index (χ3n) is 7.32. The highest BCUT2D eigenvalue weighted by molar-refractivity contribution is 6.02. The third kappa shape index (κ3) is 9.18. The smallest absolute Gasteiger partial charge is 0.330 e. The number of ether oxygens (including phenoxy) is 1. The van der Waals surface area contributed by atoms with Gasteiger partial charge in [-0.15, -0.1) is 0 Å². The van der Waals surface area contributed by atoms with Crippen LogP contribution in [-0.2, 0) is 20.7 Å². The van der Waals surface area contributed by atoms with Crippen LogP contribution in [-0.4, -0.2) is 25.0 Å². The second kappa shape index (κ2) is 16.1. The molecule has 2 aromatic rings. The summed E-state index contributed by atoms with van der Waals surface area (Å²) < 4.78 is 4.99. The minimum atomic E-state index is -0.374. The number of aryl methyl sites for hydroxylation is 1. The second-order valence-corrected chi connectivity index (χ2v) is 10.1. The van der Waals surface area contributed by atoms with Crippen LogP contribution in [0.15, 0.2) is 54.6 Å². The molecule has 0 radical (unpaired) electrons. The Bertz CT molecular complexity index is 995. The van der Waals surface area contributed by atoms with Gasteiger partial charge in [0.15, 0.2) is 0 Å². The van der Waals surface area contributed by atoms with E-state index in [4.69, 9.17) is 4.74 Å². The number of carbonyl (C=O) groups excluding carboxylic acids is 2. The zero-order valence-electron chi connectivity index (χ0n) is 22.9. The number of hydrogen-bond acceptors (Lipinski definition) is 3. The topological polar surface area (TPSA) is 46.6 Å².